The number of aromatic nitrogens is 1. The molecule has 0 spiro atoms. The van der Waals surface area contributed by atoms with Crippen molar-refractivity contribution in [2.24, 2.45) is 28.1 Å². The molecule has 1 aromatic heterocycles. The summed E-state index contributed by atoms with van der Waals surface area (Å²) in [5.74, 6) is -6.99. The summed E-state index contributed by atoms with van der Waals surface area (Å²) in [6.45, 7) is 1.71. The lowest BCUT2D eigenvalue weighted by Gasteiger charge is -2.30. The Morgan fingerprint density at radius 2 is 1.49 bits per heavy atom. The van der Waals surface area contributed by atoms with Gasteiger partial charge >= 0.3 is 5.97 Å². The van der Waals surface area contributed by atoms with Gasteiger partial charge in [0.05, 0.1) is 19.2 Å². The number of carboxylic acids is 1. The van der Waals surface area contributed by atoms with Gasteiger partial charge in [0.1, 0.15) is 42.5 Å². The number of aliphatic carboxylic acids is 1. The number of nitrogens with two attached hydrogens (primary N) is 3. The number of amides is 7. The number of carboxylic acid groups (broad SMARTS) is 1. The average molecular weight is 935 g/mol. The number of guanidine groups is 1. The highest BCUT2D eigenvalue weighted by Gasteiger charge is 2.38. The zero-order chi connectivity index (χ0) is 49.2. The molecule has 23 heteroatoms. The van der Waals surface area contributed by atoms with Crippen LogP contribution in [-0.2, 0) is 51.2 Å². The normalized spacial score (nSPS) is 15.6. The van der Waals surface area contributed by atoms with E-state index in [-0.39, 0.29) is 69.2 Å². The van der Waals surface area contributed by atoms with Gasteiger partial charge in [-0.25, -0.2) is 0 Å². The van der Waals surface area contributed by atoms with Crippen molar-refractivity contribution in [1.82, 2.24) is 41.8 Å². The van der Waals surface area contributed by atoms with Crippen LogP contribution < -0.4 is 49.1 Å². The Morgan fingerprint density at radius 1 is 0.821 bits per heavy atom. The van der Waals surface area contributed by atoms with Gasteiger partial charge in [-0.05, 0) is 73.8 Å². The third kappa shape index (κ3) is 16.3. The van der Waals surface area contributed by atoms with Crippen molar-refractivity contribution < 1.29 is 53.7 Å². The number of likely N-dealkylation sites (tertiary alicyclic amines) is 1. The smallest absolute Gasteiger partial charge is 0.322 e. The topological polar surface area (TPSA) is 379 Å². The van der Waals surface area contributed by atoms with Gasteiger partial charge in [0.15, 0.2) is 5.96 Å². The summed E-state index contributed by atoms with van der Waals surface area (Å²) in [7, 11) is 0. The van der Waals surface area contributed by atoms with E-state index in [0.717, 1.165) is 16.5 Å². The van der Waals surface area contributed by atoms with E-state index in [9.17, 15) is 48.6 Å². The first-order valence-electron chi connectivity index (χ1n) is 21.9. The van der Waals surface area contributed by atoms with Crippen molar-refractivity contribution in [1.29, 1.82) is 0 Å². The fourth-order valence-corrected chi connectivity index (χ4v) is 7.51. The number of nitrogens with zero attached hydrogens (tertiary/aromatic N) is 2. The molecular weight excluding hydrogens is 873 g/mol. The van der Waals surface area contributed by atoms with E-state index < -0.39 is 103 Å². The molecule has 7 amide bonds. The van der Waals surface area contributed by atoms with Crippen molar-refractivity contribution in [3.8, 4) is 5.75 Å². The molecule has 6 atom stereocenters. The lowest BCUT2D eigenvalue weighted by atomic mass is 10.0. The number of H-pyrrole nitrogens is 1. The third-order valence-electron chi connectivity index (χ3n) is 10.9. The number of carbonyl (C=O) groups excluding carboxylic acids is 7. The quantitative estimate of drug-likeness (QED) is 0.0234. The molecule has 4 rings (SSSR count). The molecule has 23 nitrogen and oxygen atoms in total. The molecule has 0 aliphatic carbocycles. The molecule has 1 saturated heterocycles. The number of para-hydroxylation sites is 1. The first-order chi connectivity index (χ1) is 31.9. The average Bonchev–Trinajstić information content (AvgIpc) is 3.95. The number of rotatable bonds is 25. The Labute approximate surface area is 386 Å². The number of carbonyl (C=O) groups is 8. The molecule has 1 aliphatic rings. The van der Waals surface area contributed by atoms with Crippen molar-refractivity contribution in [3.63, 3.8) is 0 Å². The number of aliphatic hydroxyl groups excluding tert-OH is 1. The van der Waals surface area contributed by atoms with Gasteiger partial charge in [0.2, 0.25) is 41.4 Å². The van der Waals surface area contributed by atoms with E-state index in [0.29, 0.717) is 12.0 Å². The van der Waals surface area contributed by atoms with Crippen LogP contribution in [-0.4, -0.2) is 148 Å². The highest BCUT2D eigenvalue weighted by Crippen LogP contribution is 2.21. The molecule has 16 N–H and O–H groups in total. The lowest BCUT2D eigenvalue weighted by Crippen LogP contribution is -2.58. The summed E-state index contributed by atoms with van der Waals surface area (Å²) in [6.07, 6.45) is 2.77. The fraction of sp³-hybridized carbons (Fsp3) is 0.477. The number of aromatic amines is 1. The van der Waals surface area contributed by atoms with Crippen molar-refractivity contribution in [3.05, 3.63) is 65.9 Å². The Morgan fingerprint density at radius 3 is 2.16 bits per heavy atom. The monoisotopic (exact) mass is 934 g/mol. The van der Waals surface area contributed by atoms with Gasteiger partial charge in [-0.2, -0.15) is 0 Å². The number of fused-ring (bicyclic) bond motifs is 1. The second-order valence-electron chi connectivity index (χ2n) is 16.6. The highest BCUT2D eigenvalue weighted by molar-refractivity contribution is 5.97. The van der Waals surface area contributed by atoms with Gasteiger partial charge in [-0.1, -0.05) is 44.2 Å². The first-order valence-corrected chi connectivity index (χ1v) is 21.9. The minimum Gasteiger partial charge on any atom is -0.508 e. The Bertz CT molecular complexity index is 2250. The van der Waals surface area contributed by atoms with Crippen LogP contribution in [0.5, 0.6) is 5.75 Å². The summed E-state index contributed by atoms with van der Waals surface area (Å²) in [5, 5.41) is 44.8. The Kier molecular flexibility index (Phi) is 19.9. The predicted molar refractivity (Wildman–Crippen MR) is 244 cm³/mol. The number of hydrogen-bond donors (Lipinski definition) is 13. The fourth-order valence-electron chi connectivity index (χ4n) is 7.51. The van der Waals surface area contributed by atoms with Crippen LogP contribution in [0.4, 0.5) is 0 Å². The SMILES string of the molecule is CC(C)C[C@H](NC(=O)CNC(=O)[C@H](Cc1ccc(O)cc1)NC(=O)[C@H](CO)NC(=O)[C@@H](N)Cc1c[nH]c2ccccc12)C(=O)N[C@@H](CCCN=C(N)N)C(=O)N1CCC[C@H]1C(=O)NCC(=O)O. The van der Waals surface area contributed by atoms with E-state index in [1.54, 1.807) is 20.0 Å². The number of benzene rings is 2. The summed E-state index contributed by atoms with van der Waals surface area (Å²) in [4.78, 5) is 114. The molecule has 0 saturated carbocycles. The first kappa shape index (κ1) is 52.4. The largest absolute Gasteiger partial charge is 0.508 e. The molecule has 2 heterocycles. The van der Waals surface area contributed by atoms with Gasteiger partial charge in [0.25, 0.3) is 0 Å². The minimum absolute atomic E-state index is 0.0342. The van der Waals surface area contributed by atoms with Crippen LogP contribution in [0.1, 0.15) is 57.1 Å². The number of aliphatic hydroxyl groups is 1. The zero-order valence-electron chi connectivity index (χ0n) is 37.5. The molecule has 2 aromatic carbocycles. The van der Waals surface area contributed by atoms with Crippen molar-refractivity contribution in [2.75, 3.05) is 32.8 Å². The van der Waals surface area contributed by atoms with Crippen LogP contribution in [0.25, 0.3) is 10.9 Å². The van der Waals surface area contributed by atoms with Crippen molar-refractivity contribution >= 4 is 64.2 Å². The van der Waals surface area contributed by atoms with Crippen molar-refractivity contribution in [2.45, 2.75) is 95.0 Å². The number of nitrogens with one attached hydrogen (secondary N) is 7. The number of aliphatic imine (C=N–C) groups is 1. The molecule has 1 aliphatic heterocycles. The Hall–Kier alpha value is -7.27. The second-order valence-corrected chi connectivity index (χ2v) is 16.6. The van der Waals surface area contributed by atoms with E-state index in [2.05, 4.69) is 41.9 Å². The Balaban J connectivity index is 1.43. The van der Waals surface area contributed by atoms with Gasteiger partial charge in [0, 0.05) is 36.6 Å². The number of phenolic OH excluding ortho intramolecular Hbond substituents is 1. The van der Waals surface area contributed by atoms with E-state index >= 15 is 0 Å². The molecule has 3 aromatic rings. The molecule has 67 heavy (non-hydrogen) atoms. The molecule has 0 radical (unpaired) electrons. The maximum absolute atomic E-state index is 13.9. The van der Waals surface area contributed by atoms with Gasteiger partial charge in [-0.15, -0.1) is 0 Å². The van der Waals surface area contributed by atoms with Crippen LogP contribution in [0, 0.1) is 5.92 Å². The van der Waals surface area contributed by atoms with Gasteiger partial charge in [-0.3, -0.25) is 43.3 Å². The molecule has 1 fully saturated rings. The molecule has 0 bridgehead atoms. The molecule has 0 unspecified atom stereocenters. The molecule has 364 valence electrons. The summed E-state index contributed by atoms with van der Waals surface area (Å²) >= 11 is 0. The summed E-state index contributed by atoms with van der Waals surface area (Å²) < 4.78 is 0. The van der Waals surface area contributed by atoms with E-state index in [4.69, 9.17) is 22.3 Å². The standard InChI is InChI=1S/C44H62N12O11/c1-24(2)17-32(40(64)53-31(9-5-15-48-44(46)47)43(67)56-16-6-10-35(56)42(66)51-22-37(60)61)52-36(59)21-50-39(63)33(18-25-11-13-27(58)14-12-25)54-41(65)34(23-57)55-38(62)29(45)19-26-20-49-30-8-4-3-7-28(26)30/h3-4,7-8,11-14,20,24,29,31-35,49,57-58H,5-6,9-10,15-19,21-23,45H2,1-2H3,(H,50,63)(H,51,66)(H,52,59)(H,53,64)(H,54,65)(H,55,62)(H,60,61)(H4,46,47,48)/t29-,31-,32-,33-,34-,35-/m0/s1. The summed E-state index contributed by atoms with van der Waals surface area (Å²) in [6, 6.07) is 5.78. The maximum atomic E-state index is 13.9. The third-order valence-corrected chi connectivity index (χ3v) is 10.9. The van der Waals surface area contributed by atoms with Crippen LogP contribution in [0.3, 0.4) is 0 Å². The van der Waals surface area contributed by atoms with Crippen LogP contribution in [0.15, 0.2) is 59.7 Å². The van der Waals surface area contributed by atoms with E-state index in [1.807, 2.05) is 24.3 Å². The maximum Gasteiger partial charge on any atom is 0.322 e. The number of hydrogen-bond acceptors (Lipinski definition) is 12. The lowest BCUT2D eigenvalue weighted by molar-refractivity contribution is -0.143. The number of aromatic hydroxyl groups is 1. The molecular formula is C44H62N12O11. The second kappa shape index (κ2) is 25.4. The van der Waals surface area contributed by atoms with Crippen LogP contribution >= 0.6 is 0 Å². The van der Waals surface area contributed by atoms with E-state index in [1.165, 1.54) is 29.2 Å². The predicted octanol–water partition coefficient (Wildman–Crippen LogP) is -2.67. The van der Waals surface area contributed by atoms with Crippen LogP contribution in [0.2, 0.25) is 0 Å². The number of phenols is 1. The zero-order valence-corrected chi connectivity index (χ0v) is 37.5. The summed E-state index contributed by atoms with van der Waals surface area (Å²) in [5.41, 5.74) is 19.2. The highest BCUT2D eigenvalue weighted by atomic mass is 16.4. The van der Waals surface area contributed by atoms with Gasteiger partial charge < -0.3 is 74.3 Å². The minimum atomic E-state index is -1.53.